The largest absolute Gasteiger partial charge is 0.397 e. The van der Waals surface area contributed by atoms with Crippen LogP contribution in [-0.2, 0) is 0 Å². The first-order chi connectivity index (χ1) is 9.77. The normalized spacial score (nSPS) is 17.1. The van der Waals surface area contributed by atoms with E-state index >= 15 is 0 Å². The second-order valence-corrected chi connectivity index (χ2v) is 5.83. The summed E-state index contributed by atoms with van der Waals surface area (Å²) in [6.45, 7) is 0. The van der Waals surface area contributed by atoms with E-state index in [1.54, 1.807) is 0 Å². The summed E-state index contributed by atoms with van der Waals surface area (Å²) >= 11 is 0. The number of para-hydroxylation sites is 1. The lowest BCUT2D eigenvalue weighted by atomic mass is 10.1. The molecule has 0 atom stereocenters. The van der Waals surface area contributed by atoms with Gasteiger partial charge in [-0.3, -0.25) is 4.98 Å². The van der Waals surface area contributed by atoms with Crippen LogP contribution < -0.4 is 10.6 Å². The molecule has 20 heavy (non-hydrogen) atoms. The topological polar surface area (TPSA) is 42.2 Å². The molecule has 0 spiro atoms. The van der Waals surface area contributed by atoms with E-state index in [4.69, 9.17) is 5.73 Å². The molecule has 1 aliphatic rings. The third-order valence-corrected chi connectivity index (χ3v) is 4.53. The average Bonchev–Trinajstić information content (AvgIpc) is 2.75. The van der Waals surface area contributed by atoms with E-state index in [0.29, 0.717) is 6.04 Å². The molecule has 3 heteroatoms. The summed E-state index contributed by atoms with van der Waals surface area (Å²) in [4.78, 5) is 6.88. The Morgan fingerprint density at radius 2 is 1.85 bits per heavy atom. The van der Waals surface area contributed by atoms with Crippen LogP contribution in [0.4, 0.5) is 11.4 Å². The van der Waals surface area contributed by atoms with Gasteiger partial charge in [-0.25, -0.2) is 0 Å². The second-order valence-electron chi connectivity index (χ2n) is 5.83. The molecular formula is C17H23N3. The number of hydrogen-bond acceptors (Lipinski definition) is 3. The fraction of sp³-hybridized carbons (Fsp3) is 0.471. The predicted molar refractivity (Wildman–Crippen MR) is 86.0 cm³/mol. The van der Waals surface area contributed by atoms with Crippen molar-refractivity contribution in [2.75, 3.05) is 17.7 Å². The number of rotatable bonds is 2. The number of aromatic nitrogens is 1. The Hall–Kier alpha value is -1.77. The minimum absolute atomic E-state index is 0.643. The first-order valence-electron chi connectivity index (χ1n) is 7.63. The van der Waals surface area contributed by atoms with Crippen molar-refractivity contribution >= 4 is 22.3 Å². The average molecular weight is 269 g/mol. The van der Waals surface area contributed by atoms with E-state index < -0.39 is 0 Å². The smallest absolute Gasteiger partial charge is 0.0951 e. The standard InChI is InChI=1S/C17H23N3/c1-20(13-7-4-2-3-5-8-13)16-11-12-19-17-14(16)9-6-10-15(17)18/h6,9-13H,2-5,7-8,18H2,1H3. The van der Waals surface area contributed by atoms with Crippen molar-refractivity contribution in [3.05, 3.63) is 30.5 Å². The van der Waals surface area contributed by atoms with Crippen LogP contribution in [0.3, 0.4) is 0 Å². The number of benzene rings is 1. The molecule has 1 fully saturated rings. The summed E-state index contributed by atoms with van der Waals surface area (Å²) in [6, 6.07) is 8.83. The van der Waals surface area contributed by atoms with Crippen LogP contribution in [0.1, 0.15) is 38.5 Å². The lowest BCUT2D eigenvalue weighted by Gasteiger charge is -2.30. The lowest BCUT2D eigenvalue weighted by Crippen LogP contribution is -2.31. The van der Waals surface area contributed by atoms with Gasteiger partial charge in [0.05, 0.1) is 11.2 Å². The molecule has 0 aliphatic heterocycles. The lowest BCUT2D eigenvalue weighted by molar-refractivity contribution is 0.554. The van der Waals surface area contributed by atoms with E-state index in [0.717, 1.165) is 11.2 Å². The minimum Gasteiger partial charge on any atom is -0.397 e. The van der Waals surface area contributed by atoms with Crippen molar-refractivity contribution < 1.29 is 0 Å². The van der Waals surface area contributed by atoms with Crippen molar-refractivity contribution in [2.45, 2.75) is 44.6 Å². The fourth-order valence-corrected chi connectivity index (χ4v) is 3.33. The fourth-order valence-electron chi connectivity index (χ4n) is 3.33. The molecule has 0 amide bonds. The van der Waals surface area contributed by atoms with Crippen molar-refractivity contribution in [2.24, 2.45) is 0 Å². The molecule has 1 aliphatic carbocycles. The SMILES string of the molecule is CN(c1ccnc2c(N)cccc12)C1CCCCCC1. The number of nitrogens with zero attached hydrogens (tertiary/aromatic N) is 2. The molecular weight excluding hydrogens is 246 g/mol. The highest BCUT2D eigenvalue weighted by atomic mass is 15.1. The molecule has 106 valence electrons. The van der Waals surface area contributed by atoms with Gasteiger partial charge in [0.2, 0.25) is 0 Å². The van der Waals surface area contributed by atoms with E-state index in [2.05, 4.69) is 29.1 Å². The van der Waals surface area contributed by atoms with Crippen molar-refractivity contribution in [1.29, 1.82) is 0 Å². The van der Waals surface area contributed by atoms with Crippen LogP contribution in [0.15, 0.2) is 30.5 Å². The molecule has 2 aromatic rings. The molecule has 3 rings (SSSR count). The zero-order valence-corrected chi connectivity index (χ0v) is 12.2. The summed E-state index contributed by atoms with van der Waals surface area (Å²) in [6.07, 6.45) is 9.93. The zero-order valence-electron chi connectivity index (χ0n) is 12.2. The van der Waals surface area contributed by atoms with Gasteiger partial charge < -0.3 is 10.6 Å². The third-order valence-electron chi connectivity index (χ3n) is 4.53. The molecule has 0 unspecified atom stereocenters. The van der Waals surface area contributed by atoms with Crippen LogP contribution in [-0.4, -0.2) is 18.1 Å². The Morgan fingerprint density at radius 1 is 1.10 bits per heavy atom. The molecule has 1 aromatic heterocycles. The van der Waals surface area contributed by atoms with Crippen LogP contribution in [0.25, 0.3) is 10.9 Å². The van der Waals surface area contributed by atoms with Gasteiger partial charge in [-0.05, 0) is 25.0 Å². The first kappa shape index (κ1) is 13.2. The van der Waals surface area contributed by atoms with Gasteiger partial charge in [-0.15, -0.1) is 0 Å². The van der Waals surface area contributed by atoms with Crippen LogP contribution in [0.2, 0.25) is 0 Å². The Morgan fingerprint density at radius 3 is 2.60 bits per heavy atom. The van der Waals surface area contributed by atoms with E-state index in [-0.39, 0.29) is 0 Å². The molecule has 3 nitrogen and oxygen atoms in total. The number of fused-ring (bicyclic) bond motifs is 1. The Balaban J connectivity index is 1.98. The zero-order chi connectivity index (χ0) is 13.9. The predicted octanol–water partition coefficient (Wildman–Crippen LogP) is 3.98. The quantitative estimate of drug-likeness (QED) is 0.662. The first-order valence-corrected chi connectivity index (χ1v) is 7.63. The summed E-state index contributed by atoms with van der Waals surface area (Å²) < 4.78 is 0. The van der Waals surface area contributed by atoms with Gasteiger partial charge in [-0.1, -0.05) is 37.8 Å². The monoisotopic (exact) mass is 269 g/mol. The number of nitrogen functional groups attached to an aromatic ring is 1. The maximum atomic E-state index is 6.05. The Labute approximate surface area is 120 Å². The van der Waals surface area contributed by atoms with Crippen LogP contribution in [0.5, 0.6) is 0 Å². The van der Waals surface area contributed by atoms with Gasteiger partial charge in [0.1, 0.15) is 0 Å². The molecule has 2 N–H and O–H groups in total. The molecule has 1 saturated carbocycles. The van der Waals surface area contributed by atoms with Gasteiger partial charge >= 0.3 is 0 Å². The highest BCUT2D eigenvalue weighted by Crippen LogP contribution is 2.31. The Kier molecular flexibility index (Phi) is 3.77. The molecule has 1 heterocycles. The van der Waals surface area contributed by atoms with Crippen molar-refractivity contribution in [1.82, 2.24) is 4.98 Å². The number of pyridine rings is 1. The van der Waals surface area contributed by atoms with Gasteiger partial charge in [-0.2, -0.15) is 0 Å². The summed E-state index contributed by atoms with van der Waals surface area (Å²) in [5, 5.41) is 1.17. The van der Waals surface area contributed by atoms with Crippen LogP contribution >= 0.6 is 0 Å². The van der Waals surface area contributed by atoms with Crippen molar-refractivity contribution in [3.8, 4) is 0 Å². The highest BCUT2D eigenvalue weighted by Gasteiger charge is 2.19. The summed E-state index contributed by atoms with van der Waals surface area (Å²) in [7, 11) is 2.22. The minimum atomic E-state index is 0.643. The van der Waals surface area contributed by atoms with Gasteiger partial charge in [0.25, 0.3) is 0 Å². The summed E-state index contributed by atoms with van der Waals surface area (Å²) in [5.41, 5.74) is 8.99. The van der Waals surface area contributed by atoms with Gasteiger partial charge in [0, 0.05) is 30.4 Å². The van der Waals surface area contributed by atoms with Gasteiger partial charge in [0.15, 0.2) is 0 Å². The van der Waals surface area contributed by atoms with Crippen molar-refractivity contribution in [3.63, 3.8) is 0 Å². The molecule has 0 bridgehead atoms. The maximum Gasteiger partial charge on any atom is 0.0951 e. The number of hydrogen-bond donors (Lipinski definition) is 1. The van der Waals surface area contributed by atoms with E-state index in [9.17, 15) is 0 Å². The van der Waals surface area contributed by atoms with Crippen LogP contribution in [0, 0.1) is 0 Å². The maximum absolute atomic E-state index is 6.05. The van der Waals surface area contributed by atoms with E-state index in [1.807, 2.05) is 18.3 Å². The van der Waals surface area contributed by atoms with E-state index in [1.165, 1.54) is 49.6 Å². The number of anilines is 2. The number of nitrogens with two attached hydrogens (primary N) is 1. The Bertz CT molecular complexity index is 586. The molecule has 0 saturated heterocycles. The molecule has 1 aromatic carbocycles. The highest BCUT2D eigenvalue weighted by molar-refractivity contribution is 5.98. The summed E-state index contributed by atoms with van der Waals surface area (Å²) in [5.74, 6) is 0. The second kappa shape index (κ2) is 5.70. The third kappa shape index (κ3) is 2.45. The molecule has 0 radical (unpaired) electrons.